The van der Waals surface area contributed by atoms with E-state index >= 15 is 0 Å². The number of ether oxygens (including phenoxy) is 2. The van der Waals surface area contributed by atoms with Crippen LogP contribution in [-0.4, -0.2) is 44.0 Å². The van der Waals surface area contributed by atoms with Crippen molar-refractivity contribution >= 4 is 28.5 Å². The molecule has 2 amide bonds. The standard InChI is InChI=1S/C22H22N2O6/c1-13(29-16-8-5-14-7-10-20(25)30-19(14)12-16)21(26)23-17-11-15(22(27)24(2)3)6-9-18(17)28-4/h5-13H,1-4H3,(H,23,26). The number of hydrogen-bond acceptors (Lipinski definition) is 6. The van der Waals surface area contributed by atoms with Gasteiger partial charge in [-0.25, -0.2) is 4.79 Å². The van der Waals surface area contributed by atoms with Crippen LogP contribution in [0.25, 0.3) is 11.0 Å². The van der Waals surface area contributed by atoms with Gasteiger partial charge in [0.15, 0.2) is 6.10 Å². The Morgan fingerprint density at radius 1 is 1.07 bits per heavy atom. The summed E-state index contributed by atoms with van der Waals surface area (Å²) in [6, 6.07) is 12.7. The zero-order chi connectivity index (χ0) is 21.8. The number of amides is 2. The van der Waals surface area contributed by atoms with Gasteiger partial charge in [0, 0.05) is 37.2 Å². The van der Waals surface area contributed by atoms with E-state index in [9.17, 15) is 14.4 Å². The second-order valence-electron chi connectivity index (χ2n) is 6.82. The molecule has 30 heavy (non-hydrogen) atoms. The molecule has 3 aromatic rings. The molecular weight excluding hydrogens is 388 g/mol. The molecule has 0 aliphatic heterocycles. The van der Waals surface area contributed by atoms with Crippen molar-refractivity contribution in [2.45, 2.75) is 13.0 Å². The highest BCUT2D eigenvalue weighted by Crippen LogP contribution is 2.27. The molecule has 0 spiro atoms. The second-order valence-corrected chi connectivity index (χ2v) is 6.82. The smallest absolute Gasteiger partial charge is 0.336 e. The lowest BCUT2D eigenvalue weighted by atomic mass is 10.1. The first-order valence-electron chi connectivity index (χ1n) is 9.19. The van der Waals surface area contributed by atoms with Gasteiger partial charge in [-0.05, 0) is 43.3 Å². The van der Waals surface area contributed by atoms with E-state index in [2.05, 4.69) is 5.32 Å². The van der Waals surface area contributed by atoms with E-state index in [-0.39, 0.29) is 5.91 Å². The predicted octanol–water partition coefficient (Wildman–Crippen LogP) is 2.91. The Balaban J connectivity index is 1.77. The van der Waals surface area contributed by atoms with Gasteiger partial charge in [0.2, 0.25) is 0 Å². The number of hydrogen-bond donors (Lipinski definition) is 1. The van der Waals surface area contributed by atoms with Crippen LogP contribution in [0, 0.1) is 0 Å². The third kappa shape index (κ3) is 4.60. The molecule has 0 aliphatic rings. The van der Waals surface area contributed by atoms with Crippen LogP contribution in [0.2, 0.25) is 0 Å². The molecule has 1 atom stereocenters. The summed E-state index contributed by atoms with van der Waals surface area (Å²) in [5.74, 6) is 0.161. The number of nitrogens with zero attached hydrogens (tertiary/aromatic N) is 1. The van der Waals surface area contributed by atoms with Gasteiger partial charge in [0.1, 0.15) is 17.1 Å². The maximum absolute atomic E-state index is 12.7. The van der Waals surface area contributed by atoms with Crippen molar-refractivity contribution in [3.63, 3.8) is 0 Å². The first kappa shape index (κ1) is 20.9. The lowest BCUT2D eigenvalue weighted by molar-refractivity contribution is -0.122. The summed E-state index contributed by atoms with van der Waals surface area (Å²) in [7, 11) is 4.76. The topological polar surface area (TPSA) is 98.1 Å². The van der Waals surface area contributed by atoms with Gasteiger partial charge in [-0.3, -0.25) is 9.59 Å². The molecule has 1 N–H and O–H groups in total. The average molecular weight is 410 g/mol. The van der Waals surface area contributed by atoms with Crippen molar-refractivity contribution in [3.05, 3.63) is 64.5 Å². The lowest BCUT2D eigenvalue weighted by Gasteiger charge is -2.17. The van der Waals surface area contributed by atoms with Gasteiger partial charge in [-0.15, -0.1) is 0 Å². The highest BCUT2D eigenvalue weighted by Gasteiger charge is 2.19. The SMILES string of the molecule is COc1ccc(C(=O)N(C)C)cc1NC(=O)C(C)Oc1ccc2ccc(=O)oc2c1. The second kappa shape index (κ2) is 8.69. The van der Waals surface area contributed by atoms with Crippen LogP contribution in [0.15, 0.2) is 57.7 Å². The van der Waals surface area contributed by atoms with E-state index in [1.54, 1.807) is 63.5 Å². The fraction of sp³-hybridized carbons (Fsp3) is 0.227. The number of benzene rings is 2. The minimum Gasteiger partial charge on any atom is -0.495 e. The van der Waals surface area contributed by atoms with Crippen LogP contribution < -0.4 is 20.4 Å². The van der Waals surface area contributed by atoms with Gasteiger partial charge < -0.3 is 24.1 Å². The Morgan fingerprint density at radius 2 is 1.80 bits per heavy atom. The van der Waals surface area contributed by atoms with E-state index in [4.69, 9.17) is 13.9 Å². The van der Waals surface area contributed by atoms with Crippen molar-refractivity contribution in [1.82, 2.24) is 4.90 Å². The van der Waals surface area contributed by atoms with Crippen LogP contribution in [0.1, 0.15) is 17.3 Å². The average Bonchev–Trinajstić information content (AvgIpc) is 2.72. The molecule has 8 heteroatoms. The van der Waals surface area contributed by atoms with E-state index in [0.29, 0.717) is 28.3 Å². The largest absolute Gasteiger partial charge is 0.495 e. The van der Waals surface area contributed by atoms with Crippen molar-refractivity contribution in [2.24, 2.45) is 0 Å². The van der Waals surface area contributed by atoms with Crippen molar-refractivity contribution in [3.8, 4) is 11.5 Å². The summed E-state index contributed by atoms with van der Waals surface area (Å²) in [5, 5.41) is 3.47. The maximum Gasteiger partial charge on any atom is 0.336 e. The summed E-state index contributed by atoms with van der Waals surface area (Å²) >= 11 is 0. The number of anilines is 1. The van der Waals surface area contributed by atoms with Crippen molar-refractivity contribution in [1.29, 1.82) is 0 Å². The number of nitrogens with one attached hydrogen (secondary N) is 1. The van der Waals surface area contributed by atoms with Crippen LogP contribution in [0.3, 0.4) is 0 Å². The van der Waals surface area contributed by atoms with E-state index in [0.717, 1.165) is 5.39 Å². The molecule has 0 saturated carbocycles. The molecule has 3 rings (SSSR count). The number of methoxy groups -OCH3 is 1. The number of carbonyl (C=O) groups is 2. The third-order valence-electron chi connectivity index (χ3n) is 4.39. The summed E-state index contributed by atoms with van der Waals surface area (Å²) < 4.78 is 16.1. The van der Waals surface area contributed by atoms with Crippen LogP contribution in [0.5, 0.6) is 11.5 Å². The molecule has 0 radical (unpaired) electrons. The summed E-state index contributed by atoms with van der Waals surface area (Å²) in [5.41, 5.74) is 0.665. The minimum absolute atomic E-state index is 0.199. The van der Waals surface area contributed by atoms with Crippen LogP contribution in [-0.2, 0) is 4.79 Å². The molecule has 0 aliphatic carbocycles. The van der Waals surface area contributed by atoms with E-state index < -0.39 is 17.6 Å². The molecule has 0 saturated heterocycles. The molecule has 1 heterocycles. The first-order valence-corrected chi connectivity index (χ1v) is 9.19. The lowest BCUT2D eigenvalue weighted by Crippen LogP contribution is -2.30. The summed E-state index contributed by atoms with van der Waals surface area (Å²) in [6.45, 7) is 1.59. The predicted molar refractivity (Wildman–Crippen MR) is 112 cm³/mol. The zero-order valence-corrected chi connectivity index (χ0v) is 17.1. The van der Waals surface area contributed by atoms with E-state index in [1.165, 1.54) is 18.1 Å². The monoisotopic (exact) mass is 410 g/mol. The fourth-order valence-electron chi connectivity index (χ4n) is 2.80. The van der Waals surface area contributed by atoms with Gasteiger partial charge in [0.05, 0.1) is 12.8 Å². The van der Waals surface area contributed by atoms with Crippen LogP contribution >= 0.6 is 0 Å². The fourth-order valence-corrected chi connectivity index (χ4v) is 2.80. The van der Waals surface area contributed by atoms with Gasteiger partial charge in [0.25, 0.3) is 11.8 Å². The molecule has 1 aromatic heterocycles. The number of carbonyl (C=O) groups excluding carboxylic acids is 2. The number of fused-ring (bicyclic) bond motifs is 1. The first-order chi connectivity index (χ1) is 14.3. The van der Waals surface area contributed by atoms with Gasteiger partial charge >= 0.3 is 5.63 Å². The highest BCUT2D eigenvalue weighted by atomic mass is 16.5. The molecular formula is C22H22N2O6. The Bertz CT molecular complexity index is 1150. The minimum atomic E-state index is -0.865. The molecule has 0 fully saturated rings. The van der Waals surface area contributed by atoms with E-state index in [1.807, 2.05) is 0 Å². The van der Waals surface area contributed by atoms with Gasteiger partial charge in [-0.2, -0.15) is 0 Å². The molecule has 0 bridgehead atoms. The summed E-state index contributed by atoms with van der Waals surface area (Å²) in [4.78, 5) is 37.7. The van der Waals surface area contributed by atoms with Crippen molar-refractivity contribution in [2.75, 3.05) is 26.5 Å². The normalized spacial score (nSPS) is 11.6. The molecule has 8 nitrogen and oxygen atoms in total. The molecule has 1 unspecified atom stereocenters. The molecule has 2 aromatic carbocycles. The molecule has 156 valence electrons. The zero-order valence-electron chi connectivity index (χ0n) is 17.1. The Labute approximate surface area is 173 Å². The quantitative estimate of drug-likeness (QED) is 0.628. The van der Waals surface area contributed by atoms with Crippen molar-refractivity contribution < 1.29 is 23.5 Å². The summed E-state index contributed by atoms with van der Waals surface area (Å²) in [6.07, 6.45) is -0.865. The Hall–Kier alpha value is -3.81. The van der Waals surface area contributed by atoms with Gasteiger partial charge in [-0.1, -0.05) is 0 Å². The third-order valence-corrected chi connectivity index (χ3v) is 4.39. The highest BCUT2D eigenvalue weighted by molar-refractivity contribution is 5.99. The van der Waals surface area contributed by atoms with Crippen LogP contribution in [0.4, 0.5) is 5.69 Å². The Kier molecular flexibility index (Phi) is 6.06. The Morgan fingerprint density at radius 3 is 2.50 bits per heavy atom. The maximum atomic E-state index is 12.7. The number of rotatable bonds is 6.